The van der Waals surface area contributed by atoms with E-state index in [4.69, 9.17) is 16.3 Å². The Morgan fingerprint density at radius 2 is 2.20 bits per heavy atom. The maximum absolute atomic E-state index is 5.95. The van der Waals surface area contributed by atoms with Crippen LogP contribution in [0.2, 0.25) is 5.02 Å². The second-order valence-corrected chi connectivity index (χ2v) is 5.60. The van der Waals surface area contributed by atoms with Gasteiger partial charge >= 0.3 is 0 Å². The molecule has 0 N–H and O–H groups in total. The minimum atomic E-state index is 0.493. The van der Waals surface area contributed by atoms with Gasteiger partial charge < -0.3 is 4.74 Å². The zero-order valence-corrected chi connectivity index (χ0v) is 10.8. The second-order valence-electron chi connectivity index (χ2n) is 2.80. The van der Waals surface area contributed by atoms with E-state index in [1.807, 2.05) is 18.2 Å². The topological polar surface area (TPSA) is 22.1 Å². The quantitative estimate of drug-likeness (QED) is 0.850. The molecule has 1 heterocycles. The summed E-state index contributed by atoms with van der Waals surface area (Å²) in [5, 5.41) is 0.626. The first-order valence-corrected chi connectivity index (χ1v) is 6.22. The summed E-state index contributed by atoms with van der Waals surface area (Å²) in [5.41, 5.74) is 0. The van der Waals surface area contributed by atoms with E-state index in [2.05, 4.69) is 20.9 Å². The van der Waals surface area contributed by atoms with Crippen LogP contribution in [-0.2, 0) is 6.61 Å². The lowest BCUT2D eigenvalue weighted by atomic mass is 10.3. The Morgan fingerprint density at radius 1 is 1.40 bits per heavy atom. The highest BCUT2D eigenvalue weighted by molar-refractivity contribution is 9.11. The zero-order chi connectivity index (χ0) is 10.7. The molecule has 78 valence electrons. The average molecular weight is 305 g/mol. The van der Waals surface area contributed by atoms with Crippen molar-refractivity contribution in [3.63, 3.8) is 0 Å². The molecule has 0 spiro atoms. The third-order valence-corrected chi connectivity index (χ3v) is 3.49. The Bertz CT molecular complexity index is 460. The predicted octanol–water partition coefficient (Wildman–Crippen LogP) is 4.14. The van der Waals surface area contributed by atoms with Gasteiger partial charge in [-0.1, -0.05) is 23.7 Å². The fourth-order valence-corrected chi connectivity index (χ4v) is 2.52. The van der Waals surface area contributed by atoms with E-state index < -0.39 is 0 Å². The van der Waals surface area contributed by atoms with Crippen molar-refractivity contribution in [2.24, 2.45) is 0 Å². The second kappa shape index (κ2) is 4.96. The van der Waals surface area contributed by atoms with Gasteiger partial charge in [-0.2, -0.15) is 0 Å². The van der Waals surface area contributed by atoms with Gasteiger partial charge in [0.25, 0.3) is 0 Å². The summed E-state index contributed by atoms with van der Waals surface area (Å²) in [6.45, 7) is 0.493. The van der Waals surface area contributed by atoms with E-state index in [1.54, 1.807) is 23.6 Å². The maximum atomic E-state index is 5.95. The molecule has 0 aliphatic rings. The van der Waals surface area contributed by atoms with Gasteiger partial charge in [0.05, 0.1) is 9.90 Å². The Morgan fingerprint density at radius 3 is 2.87 bits per heavy atom. The first-order valence-electron chi connectivity index (χ1n) is 4.23. The summed E-state index contributed by atoms with van der Waals surface area (Å²) in [4.78, 5) is 5.13. The SMILES string of the molecule is Clc1ccccc1OCc1cnc(Br)s1. The van der Waals surface area contributed by atoms with Gasteiger partial charge in [0.1, 0.15) is 12.4 Å². The van der Waals surface area contributed by atoms with Crippen molar-refractivity contribution in [2.75, 3.05) is 0 Å². The lowest BCUT2D eigenvalue weighted by Crippen LogP contribution is -1.92. The normalized spacial score (nSPS) is 10.3. The van der Waals surface area contributed by atoms with Gasteiger partial charge in [-0.05, 0) is 28.1 Å². The molecular weight excluding hydrogens is 298 g/mol. The van der Waals surface area contributed by atoms with Gasteiger partial charge in [-0.3, -0.25) is 0 Å². The average Bonchev–Trinajstić information content (AvgIpc) is 2.63. The molecule has 0 aliphatic carbocycles. The monoisotopic (exact) mass is 303 g/mol. The molecule has 0 atom stereocenters. The van der Waals surface area contributed by atoms with Crippen LogP contribution in [0.25, 0.3) is 0 Å². The lowest BCUT2D eigenvalue weighted by Gasteiger charge is -2.05. The predicted molar refractivity (Wildman–Crippen MR) is 65.6 cm³/mol. The van der Waals surface area contributed by atoms with Crippen LogP contribution in [0.4, 0.5) is 0 Å². The highest BCUT2D eigenvalue weighted by atomic mass is 79.9. The van der Waals surface area contributed by atoms with Crippen molar-refractivity contribution in [3.05, 3.63) is 44.3 Å². The number of halogens is 2. The van der Waals surface area contributed by atoms with Crippen LogP contribution in [0, 0.1) is 0 Å². The Kier molecular flexibility index (Phi) is 3.61. The number of hydrogen-bond donors (Lipinski definition) is 0. The van der Waals surface area contributed by atoms with Crippen molar-refractivity contribution < 1.29 is 4.74 Å². The van der Waals surface area contributed by atoms with Gasteiger partial charge in [-0.25, -0.2) is 4.98 Å². The van der Waals surface area contributed by atoms with E-state index in [0.717, 1.165) is 8.79 Å². The number of para-hydroxylation sites is 1. The number of ether oxygens (including phenoxy) is 1. The summed E-state index contributed by atoms with van der Waals surface area (Å²) in [6.07, 6.45) is 1.78. The molecule has 2 rings (SSSR count). The third kappa shape index (κ3) is 2.93. The summed E-state index contributed by atoms with van der Waals surface area (Å²) in [6, 6.07) is 7.42. The minimum Gasteiger partial charge on any atom is -0.486 e. The van der Waals surface area contributed by atoms with Crippen LogP contribution in [0.5, 0.6) is 5.75 Å². The Labute approximate surface area is 105 Å². The van der Waals surface area contributed by atoms with Gasteiger partial charge in [0.2, 0.25) is 0 Å². The fraction of sp³-hybridized carbons (Fsp3) is 0.100. The van der Waals surface area contributed by atoms with E-state index >= 15 is 0 Å². The van der Waals surface area contributed by atoms with Crippen LogP contribution in [0.15, 0.2) is 34.4 Å². The van der Waals surface area contributed by atoms with Crippen LogP contribution in [-0.4, -0.2) is 4.98 Å². The summed E-state index contributed by atoms with van der Waals surface area (Å²) in [7, 11) is 0. The lowest BCUT2D eigenvalue weighted by molar-refractivity contribution is 0.310. The van der Waals surface area contributed by atoms with Gasteiger partial charge in [-0.15, -0.1) is 11.3 Å². The van der Waals surface area contributed by atoms with Crippen molar-refractivity contribution in [2.45, 2.75) is 6.61 Å². The molecule has 0 unspecified atom stereocenters. The Balaban J connectivity index is 2.02. The number of benzene rings is 1. The molecule has 5 heteroatoms. The number of nitrogens with zero attached hydrogens (tertiary/aromatic N) is 1. The summed E-state index contributed by atoms with van der Waals surface area (Å²) < 4.78 is 6.42. The van der Waals surface area contributed by atoms with Crippen molar-refractivity contribution in [1.82, 2.24) is 4.98 Å². The number of aromatic nitrogens is 1. The zero-order valence-electron chi connectivity index (χ0n) is 7.61. The van der Waals surface area contributed by atoms with Crippen LogP contribution < -0.4 is 4.74 Å². The van der Waals surface area contributed by atoms with E-state index in [-0.39, 0.29) is 0 Å². The molecule has 0 saturated carbocycles. The molecule has 0 amide bonds. The van der Waals surface area contributed by atoms with Crippen molar-refractivity contribution in [3.8, 4) is 5.75 Å². The molecule has 0 radical (unpaired) electrons. The molecule has 2 aromatic rings. The standard InChI is InChI=1S/C10H7BrClNOS/c11-10-13-5-7(15-10)6-14-9-4-2-1-3-8(9)12/h1-5H,6H2. The molecule has 0 saturated heterocycles. The molecule has 0 aliphatic heterocycles. The third-order valence-electron chi connectivity index (χ3n) is 1.73. The number of rotatable bonds is 3. The van der Waals surface area contributed by atoms with Crippen LogP contribution in [0.3, 0.4) is 0 Å². The molecule has 1 aromatic heterocycles. The summed E-state index contributed by atoms with van der Waals surface area (Å²) in [5.74, 6) is 0.698. The van der Waals surface area contributed by atoms with E-state index in [1.165, 1.54) is 0 Å². The van der Waals surface area contributed by atoms with E-state index in [9.17, 15) is 0 Å². The highest BCUT2D eigenvalue weighted by Crippen LogP contribution is 2.25. The van der Waals surface area contributed by atoms with Gasteiger partial charge in [0, 0.05) is 6.20 Å². The molecular formula is C10H7BrClNOS. The summed E-state index contributed by atoms with van der Waals surface area (Å²) >= 11 is 10.8. The smallest absolute Gasteiger partial charge is 0.159 e. The van der Waals surface area contributed by atoms with Gasteiger partial charge in [0.15, 0.2) is 3.92 Å². The number of hydrogen-bond acceptors (Lipinski definition) is 3. The van der Waals surface area contributed by atoms with E-state index in [0.29, 0.717) is 17.4 Å². The molecule has 1 aromatic carbocycles. The fourth-order valence-electron chi connectivity index (χ4n) is 1.06. The van der Waals surface area contributed by atoms with Crippen LogP contribution >= 0.6 is 38.9 Å². The van der Waals surface area contributed by atoms with Crippen molar-refractivity contribution in [1.29, 1.82) is 0 Å². The molecule has 15 heavy (non-hydrogen) atoms. The maximum Gasteiger partial charge on any atom is 0.159 e. The van der Waals surface area contributed by atoms with Crippen molar-refractivity contribution >= 4 is 38.9 Å². The minimum absolute atomic E-state index is 0.493. The first kappa shape index (κ1) is 10.9. The molecule has 0 fully saturated rings. The Hall–Kier alpha value is -0.580. The van der Waals surface area contributed by atoms with Crippen LogP contribution in [0.1, 0.15) is 4.88 Å². The number of thiazole rings is 1. The largest absolute Gasteiger partial charge is 0.486 e. The molecule has 2 nitrogen and oxygen atoms in total. The first-order chi connectivity index (χ1) is 7.25. The molecule has 0 bridgehead atoms. The highest BCUT2D eigenvalue weighted by Gasteiger charge is 2.02.